The van der Waals surface area contributed by atoms with Gasteiger partial charge in [-0.05, 0) is 29.8 Å². The number of amides is 1. The van der Waals surface area contributed by atoms with Crippen molar-refractivity contribution in [2.45, 2.75) is 19.0 Å². The molecule has 1 amide bonds. The minimum absolute atomic E-state index is 0.0613. The highest BCUT2D eigenvalue weighted by atomic mass is 35.5. The van der Waals surface area contributed by atoms with E-state index in [1.54, 1.807) is 12.3 Å². The molecule has 8 nitrogen and oxygen atoms in total. The topological polar surface area (TPSA) is 92.4 Å². The summed E-state index contributed by atoms with van der Waals surface area (Å²) in [7, 11) is 0. The Kier molecular flexibility index (Phi) is 4.66. The molecule has 0 unspecified atom stereocenters. The zero-order valence-electron chi connectivity index (χ0n) is 15.7. The van der Waals surface area contributed by atoms with Crippen molar-refractivity contribution in [1.82, 2.24) is 15.4 Å². The van der Waals surface area contributed by atoms with E-state index in [2.05, 4.69) is 25.6 Å². The number of rotatable bonds is 4. The molecular weight excluding hydrogens is 413 g/mol. The van der Waals surface area contributed by atoms with Crippen molar-refractivity contribution >= 4 is 28.9 Å². The lowest BCUT2D eigenvalue weighted by atomic mass is 10.0. The fourth-order valence-electron chi connectivity index (χ4n) is 3.76. The van der Waals surface area contributed by atoms with E-state index in [-0.39, 0.29) is 24.4 Å². The molecule has 5 rings (SSSR count). The van der Waals surface area contributed by atoms with E-state index in [1.165, 1.54) is 12.1 Å². The van der Waals surface area contributed by atoms with Gasteiger partial charge in [-0.25, -0.2) is 4.39 Å². The summed E-state index contributed by atoms with van der Waals surface area (Å²) in [4.78, 5) is 13.8. The number of hydrogen-bond acceptors (Lipinski definition) is 6. The van der Waals surface area contributed by atoms with Crippen molar-refractivity contribution in [3.8, 4) is 11.5 Å². The number of aromatic amines is 1. The van der Waals surface area contributed by atoms with Crippen molar-refractivity contribution in [2.75, 3.05) is 23.4 Å². The number of anilines is 2. The quantitative estimate of drug-likeness (QED) is 0.662. The standard InChI is InChI=1S/C20H17ClFN5O3/c21-15-3-11(4-16-20(15)30-10-19(28)24-16)8-27-14(6-13-7-23-26-25-13)9-29-18-5-12(22)1-2-17(18)27/h1-5,7,14H,6,8-10H2,(H,24,28)(H,23,25,26)/t14-/m1/s1. The number of H-pyrrole nitrogens is 1. The maximum Gasteiger partial charge on any atom is 0.262 e. The number of carbonyl (C=O) groups excluding carboxylic acids is 1. The van der Waals surface area contributed by atoms with Crippen molar-refractivity contribution in [3.63, 3.8) is 0 Å². The first-order chi connectivity index (χ1) is 14.6. The molecule has 30 heavy (non-hydrogen) atoms. The third-order valence-electron chi connectivity index (χ3n) is 5.09. The Balaban J connectivity index is 1.50. The number of nitrogens with one attached hydrogen (secondary N) is 2. The van der Waals surface area contributed by atoms with Crippen LogP contribution in [0.1, 0.15) is 11.3 Å². The highest BCUT2D eigenvalue weighted by Gasteiger charge is 2.30. The van der Waals surface area contributed by atoms with Gasteiger partial charge in [-0.3, -0.25) is 4.79 Å². The van der Waals surface area contributed by atoms with Gasteiger partial charge in [0.1, 0.15) is 18.2 Å². The zero-order valence-corrected chi connectivity index (χ0v) is 16.4. The Labute approximate surface area is 175 Å². The lowest BCUT2D eigenvalue weighted by Gasteiger charge is -2.38. The van der Waals surface area contributed by atoms with Crippen molar-refractivity contribution in [1.29, 1.82) is 0 Å². The summed E-state index contributed by atoms with van der Waals surface area (Å²) >= 11 is 6.39. The molecule has 0 bridgehead atoms. The number of carbonyl (C=O) groups is 1. The van der Waals surface area contributed by atoms with Gasteiger partial charge in [-0.1, -0.05) is 11.6 Å². The fourth-order valence-corrected chi connectivity index (χ4v) is 4.06. The molecule has 154 valence electrons. The Morgan fingerprint density at radius 1 is 1.27 bits per heavy atom. The highest BCUT2D eigenvalue weighted by molar-refractivity contribution is 6.33. The van der Waals surface area contributed by atoms with Gasteiger partial charge in [0.15, 0.2) is 12.4 Å². The van der Waals surface area contributed by atoms with Crippen LogP contribution < -0.4 is 19.7 Å². The molecule has 3 heterocycles. The zero-order chi connectivity index (χ0) is 20.7. The smallest absolute Gasteiger partial charge is 0.262 e. The molecule has 0 saturated carbocycles. The van der Waals surface area contributed by atoms with Crippen LogP contribution in [0.3, 0.4) is 0 Å². The van der Waals surface area contributed by atoms with E-state index in [0.717, 1.165) is 16.9 Å². The maximum atomic E-state index is 13.7. The van der Waals surface area contributed by atoms with Crippen molar-refractivity contribution < 1.29 is 18.7 Å². The second kappa shape index (κ2) is 7.49. The van der Waals surface area contributed by atoms with Crippen LogP contribution in [0.25, 0.3) is 0 Å². The van der Waals surface area contributed by atoms with Crippen LogP contribution in [-0.4, -0.2) is 40.6 Å². The predicted octanol–water partition coefficient (Wildman–Crippen LogP) is 2.94. The Morgan fingerprint density at radius 2 is 2.17 bits per heavy atom. The Hall–Kier alpha value is -3.33. The molecular formula is C20H17ClFN5O3. The van der Waals surface area contributed by atoms with Gasteiger partial charge in [0, 0.05) is 19.0 Å². The van der Waals surface area contributed by atoms with Crippen LogP contribution >= 0.6 is 11.6 Å². The van der Waals surface area contributed by atoms with E-state index in [4.69, 9.17) is 21.1 Å². The molecule has 10 heteroatoms. The number of aromatic nitrogens is 3. The third kappa shape index (κ3) is 3.52. The minimum atomic E-state index is -0.361. The van der Waals surface area contributed by atoms with E-state index in [1.807, 2.05) is 12.1 Å². The Bertz CT molecular complexity index is 1110. The number of hydrogen-bond donors (Lipinski definition) is 2. The van der Waals surface area contributed by atoms with E-state index >= 15 is 0 Å². The number of nitrogens with zero attached hydrogens (tertiary/aromatic N) is 3. The molecule has 0 fully saturated rings. The summed E-state index contributed by atoms with van der Waals surface area (Å²) in [6.07, 6.45) is 2.26. The lowest BCUT2D eigenvalue weighted by molar-refractivity contribution is -0.118. The van der Waals surface area contributed by atoms with E-state index < -0.39 is 0 Å². The Morgan fingerprint density at radius 3 is 3.00 bits per heavy atom. The molecule has 2 aliphatic heterocycles. The summed E-state index contributed by atoms with van der Waals surface area (Å²) in [6, 6.07) is 8.07. The second-order valence-electron chi connectivity index (χ2n) is 7.16. The van der Waals surface area contributed by atoms with Gasteiger partial charge in [-0.2, -0.15) is 15.4 Å². The third-order valence-corrected chi connectivity index (χ3v) is 5.37. The molecule has 1 aromatic heterocycles. The van der Waals surface area contributed by atoms with Crippen molar-refractivity contribution in [2.24, 2.45) is 0 Å². The van der Waals surface area contributed by atoms with Crippen LogP contribution in [0.2, 0.25) is 5.02 Å². The molecule has 1 atom stereocenters. The molecule has 0 radical (unpaired) electrons. The van der Waals surface area contributed by atoms with Gasteiger partial charge in [0.05, 0.1) is 34.3 Å². The van der Waals surface area contributed by atoms with E-state index in [9.17, 15) is 9.18 Å². The molecule has 2 N–H and O–H groups in total. The van der Waals surface area contributed by atoms with Crippen LogP contribution in [-0.2, 0) is 17.8 Å². The highest BCUT2D eigenvalue weighted by Crippen LogP contribution is 2.40. The first kappa shape index (κ1) is 18.7. The number of benzene rings is 2. The largest absolute Gasteiger partial charge is 0.489 e. The van der Waals surface area contributed by atoms with Crippen LogP contribution in [0.15, 0.2) is 36.5 Å². The molecule has 0 spiro atoms. The van der Waals surface area contributed by atoms with Crippen LogP contribution in [0.5, 0.6) is 11.5 Å². The number of ether oxygens (including phenoxy) is 2. The average Bonchev–Trinajstić information content (AvgIpc) is 3.22. The molecule has 0 aliphatic carbocycles. The summed E-state index contributed by atoms with van der Waals surface area (Å²) in [5.41, 5.74) is 2.97. The first-order valence-corrected chi connectivity index (χ1v) is 9.73. The number of fused-ring (bicyclic) bond motifs is 2. The second-order valence-corrected chi connectivity index (χ2v) is 7.57. The first-order valence-electron chi connectivity index (χ1n) is 9.35. The lowest BCUT2D eigenvalue weighted by Crippen LogP contribution is -2.44. The molecule has 0 saturated heterocycles. The van der Waals surface area contributed by atoms with Gasteiger partial charge in [-0.15, -0.1) is 0 Å². The van der Waals surface area contributed by atoms with E-state index in [0.29, 0.717) is 41.8 Å². The maximum absolute atomic E-state index is 13.7. The summed E-state index contributed by atoms with van der Waals surface area (Å²) in [6.45, 7) is 0.767. The van der Waals surface area contributed by atoms with Gasteiger partial charge in [0.2, 0.25) is 0 Å². The van der Waals surface area contributed by atoms with Gasteiger partial charge >= 0.3 is 0 Å². The van der Waals surface area contributed by atoms with Gasteiger partial charge in [0.25, 0.3) is 5.91 Å². The van der Waals surface area contributed by atoms with Crippen molar-refractivity contribution in [3.05, 3.63) is 58.6 Å². The molecule has 3 aromatic rings. The number of halogens is 2. The summed E-state index contributed by atoms with van der Waals surface area (Å²) < 4.78 is 25.0. The minimum Gasteiger partial charge on any atom is -0.489 e. The average molecular weight is 430 g/mol. The predicted molar refractivity (Wildman–Crippen MR) is 108 cm³/mol. The molecule has 2 aliphatic rings. The fraction of sp³-hybridized carbons (Fsp3) is 0.250. The van der Waals surface area contributed by atoms with Crippen LogP contribution in [0, 0.1) is 5.82 Å². The monoisotopic (exact) mass is 429 g/mol. The van der Waals surface area contributed by atoms with Gasteiger partial charge < -0.3 is 19.7 Å². The molecule has 2 aromatic carbocycles. The SMILES string of the molecule is O=C1COc2c(Cl)cc(CN3c4ccc(F)cc4OC[C@H]3Cc3cn[nH]n3)cc2N1. The summed E-state index contributed by atoms with van der Waals surface area (Å²) in [5.74, 6) is 0.350. The summed E-state index contributed by atoms with van der Waals surface area (Å²) in [5, 5.41) is 13.8. The normalized spacial score (nSPS) is 17.5. The van der Waals surface area contributed by atoms with Crippen LogP contribution in [0.4, 0.5) is 15.8 Å².